The van der Waals surface area contributed by atoms with Gasteiger partial charge in [0, 0.05) is 11.4 Å². The van der Waals surface area contributed by atoms with Crippen molar-refractivity contribution < 1.29 is 9.53 Å². The Balaban J connectivity index is 1.75. The molecule has 0 aromatic heterocycles. The number of ether oxygens (including phenoxy) is 1. The summed E-state index contributed by atoms with van der Waals surface area (Å²) in [6, 6.07) is 13.8. The number of nitrogens with one attached hydrogen (secondary N) is 1. The van der Waals surface area contributed by atoms with E-state index >= 15 is 0 Å². The van der Waals surface area contributed by atoms with E-state index in [-0.39, 0.29) is 11.9 Å². The highest BCUT2D eigenvalue weighted by atomic mass is 35.5. The fourth-order valence-electron chi connectivity index (χ4n) is 3.43. The lowest BCUT2D eigenvalue weighted by molar-refractivity contribution is 0.0938. The minimum absolute atomic E-state index is 0.131. The number of thioether (sulfide) groups is 1. The molecule has 1 N–H and O–H groups in total. The summed E-state index contributed by atoms with van der Waals surface area (Å²) in [5, 5.41) is 3.57. The van der Waals surface area contributed by atoms with Crippen LogP contribution in [0.25, 0.3) is 0 Å². The molecule has 0 aliphatic carbocycles. The van der Waals surface area contributed by atoms with Gasteiger partial charge in [-0.05, 0) is 68.1 Å². The van der Waals surface area contributed by atoms with Crippen LogP contribution in [0.1, 0.15) is 34.8 Å². The van der Waals surface area contributed by atoms with Crippen molar-refractivity contribution in [3.63, 3.8) is 0 Å². The number of benzene rings is 2. The van der Waals surface area contributed by atoms with E-state index in [9.17, 15) is 4.79 Å². The number of methoxy groups -OCH3 is 1. The zero-order valence-electron chi connectivity index (χ0n) is 15.7. The normalized spacial score (nSPS) is 15.5. The zero-order chi connectivity index (χ0) is 19.2. The molecule has 2 aromatic rings. The van der Waals surface area contributed by atoms with Crippen LogP contribution in [0, 0.1) is 0 Å². The summed E-state index contributed by atoms with van der Waals surface area (Å²) in [6.45, 7) is 2.65. The van der Waals surface area contributed by atoms with Crippen molar-refractivity contribution in [2.24, 2.45) is 0 Å². The Labute approximate surface area is 170 Å². The van der Waals surface area contributed by atoms with Crippen molar-refractivity contribution in [2.75, 3.05) is 33.0 Å². The largest absolute Gasteiger partial charge is 0.497 e. The minimum Gasteiger partial charge on any atom is -0.497 e. The summed E-state index contributed by atoms with van der Waals surface area (Å²) in [5.41, 5.74) is 1.71. The third kappa shape index (κ3) is 4.98. The lowest BCUT2D eigenvalue weighted by atomic mass is 10.0. The summed E-state index contributed by atoms with van der Waals surface area (Å²) in [5.74, 6) is 0.706. The number of amides is 1. The van der Waals surface area contributed by atoms with Gasteiger partial charge in [0.05, 0.1) is 23.7 Å². The molecule has 27 heavy (non-hydrogen) atoms. The summed E-state index contributed by atoms with van der Waals surface area (Å²) in [7, 11) is 1.67. The molecule has 1 saturated heterocycles. The zero-order valence-corrected chi connectivity index (χ0v) is 17.3. The number of hydrogen-bond acceptors (Lipinski definition) is 4. The first-order valence-electron chi connectivity index (χ1n) is 9.12. The van der Waals surface area contributed by atoms with Crippen molar-refractivity contribution in [1.29, 1.82) is 0 Å². The highest BCUT2D eigenvalue weighted by Gasteiger charge is 2.24. The van der Waals surface area contributed by atoms with Crippen molar-refractivity contribution in [3.05, 3.63) is 58.6 Å². The lowest BCUT2D eigenvalue weighted by Crippen LogP contribution is -2.36. The molecule has 1 amide bonds. The lowest BCUT2D eigenvalue weighted by Gasteiger charge is -2.28. The maximum atomic E-state index is 12.7. The molecule has 1 unspecified atom stereocenters. The number of hydrogen-bond donors (Lipinski definition) is 1. The van der Waals surface area contributed by atoms with E-state index < -0.39 is 0 Å². The van der Waals surface area contributed by atoms with Crippen LogP contribution in [0.3, 0.4) is 0 Å². The molecule has 1 aliphatic heterocycles. The SMILES string of the molecule is COc1ccc(C(CNC(=O)c2cc(SC)ccc2Cl)N2CCCC2)cc1. The first-order valence-corrected chi connectivity index (χ1v) is 10.7. The van der Waals surface area contributed by atoms with E-state index in [4.69, 9.17) is 16.3 Å². The van der Waals surface area contributed by atoms with Crippen LogP contribution < -0.4 is 10.1 Å². The molecular formula is C21H25ClN2O2S. The Morgan fingerprint density at radius 3 is 2.56 bits per heavy atom. The van der Waals surface area contributed by atoms with Crippen LogP contribution in [0.4, 0.5) is 0 Å². The average Bonchev–Trinajstić information content (AvgIpc) is 3.23. The molecule has 4 nitrogen and oxygen atoms in total. The van der Waals surface area contributed by atoms with Gasteiger partial charge < -0.3 is 10.1 Å². The molecule has 1 aliphatic rings. The fraction of sp³-hybridized carbons (Fsp3) is 0.381. The van der Waals surface area contributed by atoms with Crippen LogP contribution in [0.15, 0.2) is 47.4 Å². The van der Waals surface area contributed by atoms with Crippen molar-refractivity contribution in [2.45, 2.75) is 23.8 Å². The van der Waals surface area contributed by atoms with E-state index in [1.54, 1.807) is 24.9 Å². The molecule has 0 radical (unpaired) electrons. The fourth-order valence-corrected chi connectivity index (χ4v) is 4.07. The third-order valence-corrected chi connectivity index (χ3v) is 6.01. The smallest absolute Gasteiger partial charge is 0.252 e. The van der Waals surface area contributed by atoms with Gasteiger partial charge in [0.2, 0.25) is 0 Å². The molecule has 1 heterocycles. The van der Waals surface area contributed by atoms with Crippen LogP contribution in [0.2, 0.25) is 5.02 Å². The van der Waals surface area contributed by atoms with Gasteiger partial charge in [-0.2, -0.15) is 0 Å². The molecule has 0 bridgehead atoms. The van der Waals surface area contributed by atoms with Crippen LogP contribution >= 0.6 is 23.4 Å². The summed E-state index contributed by atoms with van der Waals surface area (Å²) in [6.07, 6.45) is 4.38. The number of likely N-dealkylation sites (tertiary alicyclic amines) is 1. The van der Waals surface area contributed by atoms with Crippen molar-refractivity contribution in [3.8, 4) is 5.75 Å². The maximum absolute atomic E-state index is 12.7. The Kier molecular flexibility index (Phi) is 7.05. The number of rotatable bonds is 7. The van der Waals surface area contributed by atoms with E-state index in [0.717, 1.165) is 23.7 Å². The van der Waals surface area contributed by atoms with E-state index in [0.29, 0.717) is 17.1 Å². The van der Waals surface area contributed by atoms with Gasteiger partial charge in [0.25, 0.3) is 5.91 Å². The van der Waals surface area contributed by atoms with Crippen molar-refractivity contribution in [1.82, 2.24) is 10.2 Å². The van der Waals surface area contributed by atoms with Gasteiger partial charge in [-0.15, -0.1) is 11.8 Å². The molecule has 1 fully saturated rings. The number of halogens is 1. The highest BCUT2D eigenvalue weighted by Crippen LogP contribution is 2.27. The second-order valence-corrected chi connectivity index (χ2v) is 7.87. The number of carbonyl (C=O) groups is 1. The Morgan fingerprint density at radius 2 is 1.93 bits per heavy atom. The van der Waals surface area contributed by atoms with Gasteiger partial charge in [-0.1, -0.05) is 23.7 Å². The maximum Gasteiger partial charge on any atom is 0.252 e. The highest BCUT2D eigenvalue weighted by molar-refractivity contribution is 7.98. The monoisotopic (exact) mass is 404 g/mol. The third-order valence-electron chi connectivity index (χ3n) is 4.96. The second-order valence-electron chi connectivity index (χ2n) is 6.59. The molecule has 1 atom stereocenters. The van der Waals surface area contributed by atoms with E-state index in [1.807, 2.05) is 30.5 Å². The molecule has 0 saturated carbocycles. The Morgan fingerprint density at radius 1 is 1.22 bits per heavy atom. The summed E-state index contributed by atoms with van der Waals surface area (Å²) >= 11 is 7.84. The quantitative estimate of drug-likeness (QED) is 0.682. The van der Waals surface area contributed by atoms with Gasteiger partial charge in [0.1, 0.15) is 5.75 Å². The number of nitrogens with zero attached hydrogens (tertiary/aromatic N) is 1. The van der Waals surface area contributed by atoms with Crippen LogP contribution in [-0.2, 0) is 0 Å². The molecular weight excluding hydrogens is 380 g/mol. The van der Waals surface area contributed by atoms with Gasteiger partial charge >= 0.3 is 0 Å². The average molecular weight is 405 g/mol. The van der Waals surface area contributed by atoms with E-state index in [1.165, 1.54) is 18.4 Å². The first-order chi connectivity index (χ1) is 13.1. The predicted octanol–water partition coefficient (Wildman–Crippen LogP) is 4.64. The first kappa shape index (κ1) is 20.1. The van der Waals surface area contributed by atoms with E-state index in [2.05, 4.69) is 22.3 Å². The summed E-state index contributed by atoms with van der Waals surface area (Å²) in [4.78, 5) is 16.2. The second kappa shape index (κ2) is 9.49. The molecule has 3 rings (SSSR count). The van der Waals surface area contributed by atoms with Gasteiger partial charge in [0.15, 0.2) is 0 Å². The van der Waals surface area contributed by atoms with Crippen LogP contribution in [-0.4, -0.2) is 43.8 Å². The topological polar surface area (TPSA) is 41.6 Å². The van der Waals surface area contributed by atoms with Gasteiger partial charge in [-0.3, -0.25) is 9.69 Å². The van der Waals surface area contributed by atoms with Crippen molar-refractivity contribution >= 4 is 29.3 Å². The van der Waals surface area contributed by atoms with Crippen LogP contribution in [0.5, 0.6) is 5.75 Å². The summed E-state index contributed by atoms with van der Waals surface area (Å²) < 4.78 is 5.27. The molecule has 6 heteroatoms. The number of carbonyl (C=O) groups excluding carboxylic acids is 1. The molecule has 0 spiro atoms. The van der Waals surface area contributed by atoms with Gasteiger partial charge in [-0.25, -0.2) is 0 Å². The molecule has 144 valence electrons. The minimum atomic E-state index is -0.131. The molecule has 2 aromatic carbocycles. The Hall–Kier alpha value is -1.69. The predicted molar refractivity (Wildman–Crippen MR) is 112 cm³/mol. The standard InChI is InChI=1S/C21H25ClN2O2S/c1-26-16-7-5-15(6-8-16)20(24-11-3-4-12-24)14-23-21(25)18-13-17(27-2)9-10-19(18)22/h5-10,13,20H,3-4,11-12,14H2,1-2H3,(H,23,25). The Bertz CT molecular complexity index is 776.